The number of ether oxygens (including phenoxy) is 1. The second-order valence-corrected chi connectivity index (χ2v) is 7.23. The van der Waals surface area contributed by atoms with Crippen molar-refractivity contribution in [3.8, 4) is 0 Å². The molecule has 0 unspecified atom stereocenters. The van der Waals surface area contributed by atoms with Crippen LogP contribution in [0.4, 0.5) is 0 Å². The van der Waals surface area contributed by atoms with Gasteiger partial charge in [-0.15, -0.1) is 0 Å². The number of amides is 1. The largest absolute Gasteiger partial charge is 0.394 e. The van der Waals surface area contributed by atoms with Gasteiger partial charge in [0.25, 0.3) is 5.91 Å². The van der Waals surface area contributed by atoms with Crippen LogP contribution < -0.4 is 5.32 Å². The van der Waals surface area contributed by atoms with Gasteiger partial charge in [-0.25, -0.2) is 0 Å². The van der Waals surface area contributed by atoms with Crippen LogP contribution in [-0.2, 0) is 4.74 Å². The number of aliphatic hydroxyl groups excluding tert-OH is 3. The summed E-state index contributed by atoms with van der Waals surface area (Å²) in [5, 5.41) is 31.8. The average Bonchev–Trinajstić information content (AvgIpc) is 2.66. The van der Waals surface area contributed by atoms with Crippen molar-refractivity contribution in [3.05, 3.63) is 34.4 Å². The number of Topliss-reactive ketones (excluding diaryl/α,β-unsaturated/α-hetero) is 3. The molecule has 5 atom stereocenters. The second-order valence-electron chi connectivity index (χ2n) is 6.80. The number of ketones is 3. The molecular formula is C19H22ClNO8. The predicted octanol–water partition coefficient (Wildman–Crippen LogP) is 0.0706. The van der Waals surface area contributed by atoms with Crippen molar-refractivity contribution in [1.82, 2.24) is 5.32 Å². The minimum Gasteiger partial charge on any atom is -0.394 e. The molecule has 1 aromatic rings. The van der Waals surface area contributed by atoms with E-state index in [1.54, 1.807) is 0 Å². The Hall–Kier alpha value is -2.17. The maximum atomic E-state index is 12.9. The van der Waals surface area contributed by atoms with E-state index in [1.165, 1.54) is 32.9 Å². The summed E-state index contributed by atoms with van der Waals surface area (Å²) in [5.41, 5.74) is -1.75. The second kappa shape index (κ2) is 9.10. The molecule has 0 spiro atoms. The Morgan fingerprint density at radius 1 is 1.00 bits per heavy atom. The fraction of sp³-hybridized carbons (Fsp3) is 0.474. The van der Waals surface area contributed by atoms with Crippen molar-refractivity contribution in [2.75, 3.05) is 6.61 Å². The van der Waals surface area contributed by atoms with Crippen LogP contribution in [0.3, 0.4) is 0 Å². The highest BCUT2D eigenvalue weighted by molar-refractivity contribution is 6.20. The van der Waals surface area contributed by atoms with Crippen LogP contribution >= 0.6 is 11.6 Å². The lowest BCUT2D eigenvalue weighted by atomic mass is 9.91. The first-order valence-electron chi connectivity index (χ1n) is 8.77. The summed E-state index contributed by atoms with van der Waals surface area (Å²) in [7, 11) is 0. The first-order valence-corrected chi connectivity index (χ1v) is 9.21. The number of alkyl halides is 1. The van der Waals surface area contributed by atoms with Crippen molar-refractivity contribution in [2.45, 2.75) is 50.7 Å². The number of halogens is 1. The average molecular weight is 428 g/mol. The minimum absolute atomic E-state index is 0.0496. The summed E-state index contributed by atoms with van der Waals surface area (Å²) in [6.45, 7) is 3.02. The van der Waals surface area contributed by atoms with Crippen molar-refractivity contribution < 1.29 is 39.2 Å². The molecule has 10 heteroatoms. The van der Waals surface area contributed by atoms with Gasteiger partial charge in [-0.2, -0.15) is 0 Å². The molecule has 0 aromatic heterocycles. The Labute approximate surface area is 171 Å². The Balaban J connectivity index is 2.48. The minimum atomic E-state index is -1.57. The van der Waals surface area contributed by atoms with Crippen LogP contribution in [0.15, 0.2) is 12.1 Å². The van der Waals surface area contributed by atoms with E-state index in [0.29, 0.717) is 0 Å². The van der Waals surface area contributed by atoms with E-state index in [1.807, 2.05) is 0 Å². The van der Waals surface area contributed by atoms with E-state index >= 15 is 0 Å². The Bertz CT molecular complexity index is 855. The van der Waals surface area contributed by atoms with E-state index in [4.69, 9.17) is 21.4 Å². The number of benzene rings is 1. The van der Waals surface area contributed by atoms with E-state index in [-0.39, 0.29) is 22.3 Å². The number of aliphatic hydroxyl groups is 3. The van der Waals surface area contributed by atoms with Crippen molar-refractivity contribution >= 4 is 34.9 Å². The molecule has 2 rings (SSSR count). The molecule has 1 fully saturated rings. The van der Waals surface area contributed by atoms with Gasteiger partial charge in [-0.3, -0.25) is 19.2 Å². The predicted molar refractivity (Wildman–Crippen MR) is 101 cm³/mol. The number of carbonyl (C=O) groups excluding carboxylic acids is 4. The monoisotopic (exact) mass is 427 g/mol. The quantitative estimate of drug-likeness (QED) is 0.368. The number of hydrogen-bond donors (Lipinski definition) is 4. The zero-order valence-corrected chi connectivity index (χ0v) is 16.8. The first kappa shape index (κ1) is 23.1. The van der Waals surface area contributed by atoms with Crippen molar-refractivity contribution in [2.24, 2.45) is 0 Å². The first-order chi connectivity index (χ1) is 13.5. The van der Waals surface area contributed by atoms with Gasteiger partial charge in [0.2, 0.25) is 0 Å². The summed E-state index contributed by atoms with van der Waals surface area (Å²) in [6, 6.07) is 1.13. The molecule has 1 saturated heterocycles. The molecule has 1 aliphatic heterocycles. The van der Waals surface area contributed by atoms with Crippen LogP contribution in [0.1, 0.15) is 62.2 Å². The highest BCUT2D eigenvalue weighted by atomic mass is 35.5. The Morgan fingerprint density at radius 3 is 2.07 bits per heavy atom. The third kappa shape index (κ3) is 4.71. The van der Waals surface area contributed by atoms with Crippen LogP contribution in [0.25, 0.3) is 0 Å². The molecule has 1 aliphatic rings. The van der Waals surface area contributed by atoms with E-state index < -0.39 is 59.8 Å². The number of nitrogens with one attached hydrogen (secondary N) is 1. The molecule has 1 aromatic carbocycles. The summed E-state index contributed by atoms with van der Waals surface area (Å²) < 4.78 is 5.18. The fourth-order valence-electron chi connectivity index (χ4n) is 3.13. The molecular weight excluding hydrogens is 406 g/mol. The van der Waals surface area contributed by atoms with E-state index in [9.17, 15) is 29.4 Å². The molecule has 0 saturated carbocycles. The van der Waals surface area contributed by atoms with Gasteiger partial charge < -0.3 is 25.4 Å². The summed E-state index contributed by atoms with van der Waals surface area (Å²) >= 11 is 6.02. The summed E-state index contributed by atoms with van der Waals surface area (Å²) in [6.07, 6.45) is -4.24. The van der Waals surface area contributed by atoms with Gasteiger partial charge in [0, 0.05) is 16.7 Å². The molecule has 158 valence electrons. The van der Waals surface area contributed by atoms with E-state index in [0.717, 1.165) is 0 Å². The van der Waals surface area contributed by atoms with Gasteiger partial charge in [-0.1, -0.05) is 11.6 Å². The molecule has 29 heavy (non-hydrogen) atoms. The van der Waals surface area contributed by atoms with Gasteiger partial charge >= 0.3 is 0 Å². The van der Waals surface area contributed by atoms with Crippen LogP contribution in [0, 0.1) is 0 Å². The third-order valence-electron chi connectivity index (χ3n) is 4.68. The lowest BCUT2D eigenvalue weighted by Crippen LogP contribution is -2.62. The molecule has 0 bridgehead atoms. The van der Waals surface area contributed by atoms with Crippen LogP contribution in [0.5, 0.6) is 0 Å². The maximum absolute atomic E-state index is 12.9. The Morgan fingerprint density at radius 2 is 1.59 bits per heavy atom. The molecule has 0 aliphatic carbocycles. The summed E-state index contributed by atoms with van der Waals surface area (Å²) in [5.74, 6) is -2.40. The third-order valence-corrected chi connectivity index (χ3v) is 5.06. The number of hydrogen-bond acceptors (Lipinski definition) is 8. The Kier molecular flexibility index (Phi) is 7.25. The maximum Gasteiger partial charge on any atom is 0.252 e. The summed E-state index contributed by atoms with van der Waals surface area (Å²) in [4.78, 5) is 48.9. The SMILES string of the molecule is CC(=O)c1cc(C(C)=O)c(C(C)=O)c(C(=O)N[C@H]2[C@@H](O)[C@H](O)[C@@H](CO)O[C@@H]2Cl)c1. The van der Waals surface area contributed by atoms with Gasteiger partial charge in [0.1, 0.15) is 18.3 Å². The topological polar surface area (TPSA) is 150 Å². The van der Waals surface area contributed by atoms with Gasteiger partial charge in [-0.05, 0) is 32.9 Å². The molecule has 4 N–H and O–H groups in total. The fourth-order valence-corrected chi connectivity index (χ4v) is 3.48. The van der Waals surface area contributed by atoms with Crippen molar-refractivity contribution in [3.63, 3.8) is 0 Å². The zero-order chi connectivity index (χ0) is 22.0. The van der Waals surface area contributed by atoms with Gasteiger partial charge in [0.05, 0.1) is 18.2 Å². The standard InChI is InChI=1S/C19H22ClNO8/c1-7(23)10-4-11(8(2)24)14(9(3)25)12(5-10)19(28)21-15-17(27)16(26)13(6-22)29-18(15)20/h4-5,13,15-18,22,26-27H,6H2,1-3H3,(H,21,28)/t13-,15+,16-,17-,18+/m1/s1. The molecule has 9 nitrogen and oxygen atoms in total. The smallest absolute Gasteiger partial charge is 0.252 e. The highest BCUT2D eigenvalue weighted by Gasteiger charge is 2.44. The van der Waals surface area contributed by atoms with Crippen LogP contribution in [0.2, 0.25) is 0 Å². The van der Waals surface area contributed by atoms with Crippen molar-refractivity contribution in [1.29, 1.82) is 0 Å². The molecule has 0 radical (unpaired) electrons. The normalized spacial score (nSPS) is 26.7. The van der Waals surface area contributed by atoms with Gasteiger partial charge in [0.15, 0.2) is 22.9 Å². The zero-order valence-electron chi connectivity index (χ0n) is 16.0. The lowest BCUT2D eigenvalue weighted by molar-refractivity contribution is -0.171. The van der Waals surface area contributed by atoms with Crippen LogP contribution in [-0.4, -0.2) is 75.1 Å². The molecule has 1 heterocycles. The number of carbonyl (C=O) groups is 4. The number of rotatable bonds is 6. The lowest BCUT2D eigenvalue weighted by Gasteiger charge is -2.40. The molecule has 1 amide bonds. The van der Waals surface area contributed by atoms with E-state index in [2.05, 4.69) is 5.32 Å². The highest BCUT2D eigenvalue weighted by Crippen LogP contribution is 2.25.